The number of benzene rings is 2. The highest BCUT2D eigenvalue weighted by Gasteiger charge is 2.51. The van der Waals surface area contributed by atoms with Crippen molar-refractivity contribution in [2.24, 2.45) is 0 Å². The van der Waals surface area contributed by atoms with Crippen LogP contribution in [-0.4, -0.2) is 57.4 Å². The summed E-state index contributed by atoms with van der Waals surface area (Å²) in [6.07, 6.45) is 0.588. The number of aryl methyl sites for hydroxylation is 3. The molecule has 2 aliphatic heterocycles. The van der Waals surface area contributed by atoms with Crippen LogP contribution in [0.5, 0.6) is 0 Å². The minimum absolute atomic E-state index is 0.204. The first kappa shape index (κ1) is 22.4. The average Bonchev–Trinajstić information content (AvgIpc) is 3.11. The quantitative estimate of drug-likeness (QED) is 0.695. The Kier molecular flexibility index (Phi) is 5.76. The number of rotatable bonds is 4. The van der Waals surface area contributed by atoms with Gasteiger partial charge in [0, 0.05) is 32.5 Å². The van der Waals surface area contributed by atoms with E-state index in [1.54, 1.807) is 30.3 Å². The number of nitrogens with zero attached hydrogens (tertiary/aromatic N) is 2. The second-order valence-corrected chi connectivity index (χ2v) is 12.1. The van der Waals surface area contributed by atoms with E-state index in [0.29, 0.717) is 24.3 Å². The van der Waals surface area contributed by atoms with Crippen molar-refractivity contribution in [3.63, 3.8) is 0 Å². The summed E-state index contributed by atoms with van der Waals surface area (Å²) in [6.45, 7) is 6.54. The molecular weight excluding hydrogens is 436 g/mol. The molecular formula is C22H28N2O5S2. The maximum Gasteiger partial charge on any atom is 0.245 e. The molecule has 2 aromatic carbocycles. The van der Waals surface area contributed by atoms with E-state index < -0.39 is 25.8 Å². The van der Waals surface area contributed by atoms with Gasteiger partial charge in [-0.3, -0.25) is 0 Å². The molecule has 4 rings (SSSR count). The maximum atomic E-state index is 13.4. The van der Waals surface area contributed by atoms with Gasteiger partial charge in [0.1, 0.15) is 5.72 Å². The van der Waals surface area contributed by atoms with Gasteiger partial charge in [0.2, 0.25) is 20.0 Å². The van der Waals surface area contributed by atoms with E-state index >= 15 is 0 Å². The molecule has 9 heteroatoms. The Morgan fingerprint density at radius 3 is 2.00 bits per heavy atom. The van der Waals surface area contributed by atoms with Crippen molar-refractivity contribution in [1.82, 2.24) is 8.61 Å². The van der Waals surface area contributed by atoms with E-state index in [1.807, 2.05) is 32.9 Å². The third kappa shape index (κ3) is 3.82. The lowest BCUT2D eigenvalue weighted by atomic mass is 10.0. The Bertz CT molecular complexity index is 1160. The maximum absolute atomic E-state index is 13.4. The predicted octanol–water partition coefficient (Wildman–Crippen LogP) is 2.81. The highest BCUT2D eigenvalue weighted by Crippen LogP contribution is 2.39. The lowest BCUT2D eigenvalue weighted by Crippen LogP contribution is -2.55. The van der Waals surface area contributed by atoms with Crippen molar-refractivity contribution < 1.29 is 21.6 Å². The lowest BCUT2D eigenvalue weighted by molar-refractivity contribution is -0.0806. The minimum atomic E-state index is -3.73. The van der Waals surface area contributed by atoms with Gasteiger partial charge in [0.05, 0.1) is 16.4 Å². The monoisotopic (exact) mass is 464 g/mol. The Hall–Kier alpha value is -1.78. The fraction of sp³-hybridized carbons (Fsp3) is 0.455. The van der Waals surface area contributed by atoms with Gasteiger partial charge in [-0.2, -0.15) is 8.61 Å². The van der Waals surface area contributed by atoms with Gasteiger partial charge in [0.25, 0.3) is 0 Å². The molecule has 0 aromatic heterocycles. The molecule has 0 atom stereocenters. The van der Waals surface area contributed by atoms with Crippen molar-refractivity contribution in [1.29, 1.82) is 0 Å². The molecule has 2 fully saturated rings. The van der Waals surface area contributed by atoms with Gasteiger partial charge < -0.3 is 4.74 Å². The first-order valence-electron chi connectivity index (χ1n) is 10.4. The van der Waals surface area contributed by atoms with Gasteiger partial charge in [-0.05, 0) is 44.0 Å². The van der Waals surface area contributed by atoms with Crippen molar-refractivity contribution >= 4 is 20.0 Å². The standard InChI is InChI=1S/C22H28N2O5S2/c1-17-15-18(2)21(19(3)16-17)31(27,28)23-11-9-22(10-12-23)24(13-14-29-22)30(25,26)20-7-5-4-6-8-20/h4-8,15-16H,9-14H2,1-3H3. The predicted molar refractivity (Wildman–Crippen MR) is 118 cm³/mol. The molecule has 0 aliphatic carbocycles. The van der Waals surface area contributed by atoms with Crippen LogP contribution >= 0.6 is 0 Å². The first-order valence-corrected chi connectivity index (χ1v) is 13.3. The minimum Gasteiger partial charge on any atom is -0.358 e. The smallest absolute Gasteiger partial charge is 0.245 e. The van der Waals surface area contributed by atoms with Crippen molar-refractivity contribution in [3.05, 3.63) is 59.2 Å². The largest absolute Gasteiger partial charge is 0.358 e. The summed E-state index contributed by atoms with van der Waals surface area (Å²) in [5, 5.41) is 0. The second-order valence-electron chi connectivity index (χ2n) is 8.32. The average molecular weight is 465 g/mol. The van der Waals surface area contributed by atoms with Gasteiger partial charge in [-0.1, -0.05) is 35.9 Å². The van der Waals surface area contributed by atoms with E-state index in [4.69, 9.17) is 4.74 Å². The topological polar surface area (TPSA) is 84.0 Å². The summed E-state index contributed by atoms with van der Waals surface area (Å²) in [4.78, 5) is 0.566. The van der Waals surface area contributed by atoms with E-state index in [0.717, 1.165) is 16.7 Å². The molecule has 0 amide bonds. The first-order chi connectivity index (χ1) is 14.6. The summed E-state index contributed by atoms with van der Waals surface area (Å²) in [5.74, 6) is 0. The zero-order chi connectivity index (χ0) is 22.4. The van der Waals surface area contributed by atoms with Crippen LogP contribution in [0.15, 0.2) is 52.3 Å². The van der Waals surface area contributed by atoms with E-state index in [-0.39, 0.29) is 24.5 Å². The summed E-state index contributed by atoms with van der Waals surface area (Å²) in [5.41, 5.74) is 1.47. The number of ether oxygens (including phenoxy) is 1. The zero-order valence-corrected chi connectivity index (χ0v) is 19.7. The molecule has 0 bridgehead atoms. The fourth-order valence-corrected chi connectivity index (χ4v) is 8.42. The van der Waals surface area contributed by atoms with Crippen LogP contribution < -0.4 is 0 Å². The Balaban J connectivity index is 1.59. The van der Waals surface area contributed by atoms with Crippen LogP contribution in [0.1, 0.15) is 29.5 Å². The molecule has 2 saturated heterocycles. The molecule has 2 heterocycles. The van der Waals surface area contributed by atoms with Crippen molar-refractivity contribution in [3.8, 4) is 0 Å². The van der Waals surface area contributed by atoms with Gasteiger partial charge in [-0.15, -0.1) is 0 Å². The van der Waals surface area contributed by atoms with E-state index in [9.17, 15) is 16.8 Å². The highest BCUT2D eigenvalue weighted by molar-refractivity contribution is 7.89. The molecule has 0 radical (unpaired) electrons. The summed E-state index contributed by atoms with van der Waals surface area (Å²) < 4.78 is 62.1. The molecule has 7 nitrogen and oxygen atoms in total. The number of sulfonamides is 2. The fourth-order valence-electron chi connectivity index (χ4n) is 4.83. The highest BCUT2D eigenvalue weighted by atomic mass is 32.2. The molecule has 1 spiro atoms. The van der Waals surface area contributed by atoms with Crippen LogP contribution in [0.3, 0.4) is 0 Å². The van der Waals surface area contributed by atoms with Crippen molar-refractivity contribution in [2.45, 2.75) is 49.1 Å². The Morgan fingerprint density at radius 1 is 0.839 bits per heavy atom. The van der Waals surface area contributed by atoms with Crippen LogP contribution in [0.25, 0.3) is 0 Å². The van der Waals surface area contributed by atoms with E-state index in [1.165, 1.54) is 8.61 Å². The van der Waals surface area contributed by atoms with E-state index in [2.05, 4.69) is 0 Å². The summed E-state index contributed by atoms with van der Waals surface area (Å²) in [6, 6.07) is 12.1. The third-order valence-electron chi connectivity index (χ3n) is 6.16. The summed E-state index contributed by atoms with van der Waals surface area (Å²) >= 11 is 0. The third-order valence-corrected chi connectivity index (χ3v) is 10.3. The molecule has 0 unspecified atom stereocenters. The Morgan fingerprint density at radius 2 is 1.42 bits per heavy atom. The van der Waals surface area contributed by atoms with Crippen LogP contribution in [0.2, 0.25) is 0 Å². The normalized spacial score (nSPS) is 20.4. The molecule has 168 valence electrons. The number of hydrogen-bond donors (Lipinski definition) is 0. The van der Waals surface area contributed by atoms with Crippen LogP contribution in [0, 0.1) is 20.8 Å². The zero-order valence-electron chi connectivity index (χ0n) is 18.0. The lowest BCUT2D eigenvalue weighted by Gasteiger charge is -2.42. The summed E-state index contributed by atoms with van der Waals surface area (Å²) in [7, 11) is -7.41. The van der Waals surface area contributed by atoms with Crippen molar-refractivity contribution in [2.75, 3.05) is 26.2 Å². The Labute approximate surface area is 184 Å². The molecule has 2 aromatic rings. The molecule has 2 aliphatic rings. The van der Waals surface area contributed by atoms with Gasteiger partial charge in [-0.25, -0.2) is 16.8 Å². The number of hydrogen-bond acceptors (Lipinski definition) is 5. The van der Waals surface area contributed by atoms with Crippen LogP contribution in [0.4, 0.5) is 0 Å². The molecule has 0 saturated carbocycles. The molecule has 0 N–H and O–H groups in total. The number of piperidine rings is 1. The van der Waals surface area contributed by atoms with Gasteiger partial charge in [0.15, 0.2) is 0 Å². The molecule has 31 heavy (non-hydrogen) atoms. The van der Waals surface area contributed by atoms with Crippen LogP contribution in [-0.2, 0) is 24.8 Å². The second kappa shape index (κ2) is 7.97. The van der Waals surface area contributed by atoms with Gasteiger partial charge >= 0.3 is 0 Å². The SMILES string of the molecule is Cc1cc(C)c(S(=O)(=O)N2CCC3(CC2)OCCN3S(=O)(=O)c2ccccc2)c(C)c1.